The molecule has 7 heteroatoms. The largest absolute Gasteiger partial charge is 0.493 e. The average molecular weight is 421 g/mol. The summed E-state index contributed by atoms with van der Waals surface area (Å²) in [6.07, 6.45) is 2.43. The summed E-state index contributed by atoms with van der Waals surface area (Å²) < 4.78 is 17.7. The predicted octanol–water partition coefficient (Wildman–Crippen LogP) is 4.86. The number of aromatic amines is 1. The quantitative estimate of drug-likeness (QED) is 0.411. The molecule has 4 aromatic rings. The van der Waals surface area contributed by atoms with Gasteiger partial charge in [0, 0.05) is 29.2 Å². The number of nitrogens with zero attached hydrogens (tertiary/aromatic N) is 3. The van der Waals surface area contributed by atoms with Gasteiger partial charge in [-0.05, 0) is 64.2 Å². The van der Waals surface area contributed by atoms with Crippen molar-refractivity contribution >= 4 is 21.8 Å². The Kier molecular flexibility index (Phi) is 5.95. The van der Waals surface area contributed by atoms with E-state index in [4.69, 9.17) is 14.2 Å². The highest BCUT2D eigenvalue weighted by molar-refractivity contribution is 5.88. The van der Waals surface area contributed by atoms with Crippen LogP contribution in [0, 0.1) is 13.8 Å². The highest BCUT2D eigenvalue weighted by Gasteiger charge is 2.14. The molecule has 2 aromatic heterocycles. The second-order valence-electron chi connectivity index (χ2n) is 7.89. The molecular weight excluding hydrogens is 392 g/mol. The van der Waals surface area contributed by atoms with Crippen molar-refractivity contribution in [2.45, 2.75) is 20.3 Å². The molecule has 1 N–H and O–H groups in total. The maximum absolute atomic E-state index is 6.16. The average Bonchev–Trinajstić information content (AvgIpc) is 3.04. The smallest absolute Gasteiger partial charge is 0.230 e. The van der Waals surface area contributed by atoms with Crippen LogP contribution < -0.4 is 14.2 Å². The highest BCUT2D eigenvalue weighted by Crippen LogP contribution is 2.36. The monoisotopic (exact) mass is 420 g/mol. The minimum Gasteiger partial charge on any atom is -0.493 e. The zero-order valence-electron chi connectivity index (χ0n) is 18.7. The second kappa shape index (κ2) is 8.81. The minimum atomic E-state index is 0.478. The van der Waals surface area contributed by atoms with Crippen LogP contribution in [-0.4, -0.2) is 54.2 Å². The van der Waals surface area contributed by atoms with E-state index in [1.807, 2.05) is 44.4 Å². The molecule has 0 bridgehead atoms. The molecular formula is C24H28N4O3. The fraction of sp³-hybridized carbons (Fsp3) is 0.333. The summed E-state index contributed by atoms with van der Waals surface area (Å²) in [5, 5.41) is 1.90. The molecule has 0 saturated heterocycles. The molecule has 0 aliphatic heterocycles. The van der Waals surface area contributed by atoms with E-state index in [-0.39, 0.29) is 0 Å². The first-order chi connectivity index (χ1) is 15.0. The van der Waals surface area contributed by atoms with E-state index in [9.17, 15) is 0 Å². The van der Waals surface area contributed by atoms with Crippen LogP contribution in [0.1, 0.15) is 17.7 Å². The normalized spacial score (nSPS) is 11.4. The number of aryl methyl sites for hydroxylation is 2. The van der Waals surface area contributed by atoms with E-state index < -0.39 is 0 Å². The summed E-state index contributed by atoms with van der Waals surface area (Å²) in [6.45, 7) is 5.73. The van der Waals surface area contributed by atoms with E-state index in [1.165, 1.54) is 11.9 Å². The van der Waals surface area contributed by atoms with Crippen LogP contribution >= 0.6 is 0 Å². The second-order valence-corrected chi connectivity index (χ2v) is 7.89. The van der Waals surface area contributed by atoms with Gasteiger partial charge in [-0.3, -0.25) is 0 Å². The third-order valence-corrected chi connectivity index (χ3v) is 5.39. The first kappa shape index (κ1) is 20.9. The van der Waals surface area contributed by atoms with Crippen molar-refractivity contribution < 1.29 is 14.2 Å². The SMILES string of the molecule is COc1cc2c(Oc3ccc4[nH]c(C)c(C)c4c3)ncnc2cc1OCCCN(C)C. The topological polar surface area (TPSA) is 72.5 Å². The van der Waals surface area contributed by atoms with Crippen LogP contribution in [0.5, 0.6) is 23.1 Å². The number of rotatable bonds is 8. The maximum Gasteiger partial charge on any atom is 0.230 e. The summed E-state index contributed by atoms with van der Waals surface area (Å²) in [4.78, 5) is 14.3. The molecule has 2 heterocycles. The molecule has 0 fully saturated rings. The minimum absolute atomic E-state index is 0.478. The fourth-order valence-electron chi connectivity index (χ4n) is 3.57. The van der Waals surface area contributed by atoms with E-state index in [1.54, 1.807) is 7.11 Å². The van der Waals surface area contributed by atoms with Gasteiger partial charge in [0.25, 0.3) is 0 Å². The summed E-state index contributed by atoms with van der Waals surface area (Å²) in [6, 6.07) is 9.73. The molecule has 0 aliphatic carbocycles. The first-order valence-corrected chi connectivity index (χ1v) is 10.3. The van der Waals surface area contributed by atoms with Crippen LogP contribution in [0.15, 0.2) is 36.7 Å². The van der Waals surface area contributed by atoms with Gasteiger partial charge < -0.3 is 24.1 Å². The molecule has 31 heavy (non-hydrogen) atoms. The fourth-order valence-corrected chi connectivity index (χ4v) is 3.57. The number of aromatic nitrogens is 3. The summed E-state index contributed by atoms with van der Waals surface area (Å²) in [7, 11) is 5.72. The molecule has 0 unspecified atom stereocenters. The molecule has 4 rings (SSSR count). The third-order valence-electron chi connectivity index (χ3n) is 5.39. The Morgan fingerprint density at radius 3 is 2.61 bits per heavy atom. The van der Waals surface area contributed by atoms with Crippen molar-refractivity contribution in [3.05, 3.63) is 47.9 Å². The van der Waals surface area contributed by atoms with Gasteiger partial charge in [0.1, 0.15) is 12.1 Å². The van der Waals surface area contributed by atoms with Crippen molar-refractivity contribution in [3.8, 4) is 23.1 Å². The number of fused-ring (bicyclic) bond motifs is 2. The number of nitrogens with one attached hydrogen (secondary N) is 1. The number of hydrogen-bond acceptors (Lipinski definition) is 6. The molecule has 0 amide bonds. The van der Waals surface area contributed by atoms with Gasteiger partial charge in [-0.15, -0.1) is 0 Å². The van der Waals surface area contributed by atoms with E-state index in [2.05, 4.69) is 33.7 Å². The first-order valence-electron chi connectivity index (χ1n) is 10.3. The van der Waals surface area contributed by atoms with Crippen LogP contribution in [-0.2, 0) is 0 Å². The zero-order chi connectivity index (χ0) is 22.0. The van der Waals surface area contributed by atoms with Gasteiger partial charge in [0.2, 0.25) is 5.88 Å². The molecule has 0 aliphatic rings. The lowest BCUT2D eigenvalue weighted by Crippen LogP contribution is -2.15. The van der Waals surface area contributed by atoms with Crippen LogP contribution in [0.25, 0.3) is 21.8 Å². The van der Waals surface area contributed by atoms with Gasteiger partial charge in [-0.25, -0.2) is 9.97 Å². The van der Waals surface area contributed by atoms with Crippen molar-refractivity contribution in [2.24, 2.45) is 0 Å². The summed E-state index contributed by atoms with van der Waals surface area (Å²) >= 11 is 0. The van der Waals surface area contributed by atoms with E-state index in [0.29, 0.717) is 24.0 Å². The third kappa shape index (κ3) is 4.41. The van der Waals surface area contributed by atoms with Crippen LogP contribution in [0.4, 0.5) is 0 Å². The molecule has 7 nitrogen and oxygen atoms in total. The predicted molar refractivity (Wildman–Crippen MR) is 123 cm³/mol. The lowest BCUT2D eigenvalue weighted by Gasteiger charge is -2.14. The molecule has 0 atom stereocenters. The lowest BCUT2D eigenvalue weighted by atomic mass is 10.1. The number of methoxy groups -OCH3 is 1. The van der Waals surface area contributed by atoms with Gasteiger partial charge in [-0.1, -0.05) is 0 Å². The Morgan fingerprint density at radius 1 is 1.00 bits per heavy atom. The van der Waals surface area contributed by atoms with Crippen molar-refractivity contribution in [1.29, 1.82) is 0 Å². The van der Waals surface area contributed by atoms with Gasteiger partial charge in [-0.2, -0.15) is 0 Å². The van der Waals surface area contributed by atoms with Gasteiger partial charge in [0.05, 0.1) is 24.6 Å². The summed E-state index contributed by atoms with van der Waals surface area (Å²) in [5.74, 6) is 2.49. The van der Waals surface area contributed by atoms with Gasteiger partial charge in [0.15, 0.2) is 11.5 Å². The zero-order valence-corrected chi connectivity index (χ0v) is 18.7. The van der Waals surface area contributed by atoms with E-state index in [0.717, 1.165) is 46.2 Å². The molecule has 2 aromatic carbocycles. The number of hydrogen-bond donors (Lipinski definition) is 1. The number of ether oxygens (including phenoxy) is 3. The highest BCUT2D eigenvalue weighted by atomic mass is 16.5. The molecule has 0 radical (unpaired) electrons. The lowest BCUT2D eigenvalue weighted by molar-refractivity contribution is 0.268. The Hall–Kier alpha value is -3.32. The van der Waals surface area contributed by atoms with Crippen molar-refractivity contribution in [2.75, 3.05) is 34.4 Å². The Balaban J connectivity index is 1.63. The molecule has 0 spiro atoms. The summed E-state index contributed by atoms with van der Waals surface area (Å²) in [5.41, 5.74) is 4.20. The number of benzene rings is 2. The van der Waals surface area contributed by atoms with Crippen molar-refractivity contribution in [3.63, 3.8) is 0 Å². The van der Waals surface area contributed by atoms with Crippen LogP contribution in [0.3, 0.4) is 0 Å². The van der Waals surface area contributed by atoms with Gasteiger partial charge >= 0.3 is 0 Å². The Labute approximate surface area is 182 Å². The molecule has 162 valence electrons. The van der Waals surface area contributed by atoms with E-state index >= 15 is 0 Å². The number of H-pyrrole nitrogens is 1. The van der Waals surface area contributed by atoms with Crippen molar-refractivity contribution in [1.82, 2.24) is 19.9 Å². The Bertz CT molecular complexity index is 1220. The van der Waals surface area contributed by atoms with Crippen LogP contribution in [0.2, 0.25) is 0 Å². The maximum atomic E-state index is 6.16. The standard InChI is InChI=1S/C24H28N4O3/c1-15-16(2)27-20-8-7-17(11-18(15)20)31-24-19-12-22(29-5)23(13-21(19)25-14-26-24)30-10-6-9-28(3)4/h7-8,11-14,27H,6,9-10H2,1-5H3. The Morgan fingerprint density at radius 2 is 1.84 bits per heavy atom. The molecule has 0 saturated carbocycles.